The van der Waals surface area contributed by atoms with Gasteiger partial charge in [0.15, 0.2) is 5.11 Å². The van der Waals surface area contributed by atoms with E-state index in [1.165, 1.54) is 0 Å². The number of carbonyl (C=O) groups excluding carboxylic acids is 1. The molecule has 0 aliphatic rings. The molecule has 2 rings (SSSR count). The zero-order valence-corrected chi connectivity index (χ0v) is 16.3. The molecule has 26 heavy (non-hydrogen) atoms. The molecule has 8 heteroatoms. The highest BCUT2D eigenvalue weighted by Gasteiger charge is 2.15. The van der Waals surface area contributed by atoms with Crippen LogP contribution in [-0.2, 0) is 11.3 Å². The van der Waals surface area contributed by atoms with Gasteiger partial charge in [0.05, 0.1) is 0 Å². The Morgan fingerprint density at radius 1 is 1.19 bits per heavy atom. The molecule has 0 saturated carbocycles. The first-order valence-electron chi connectivity index (χ1n) is 8.75. The number of rotatable bonds is 7. The van der Waals surface area contributed by atoms with Crippen molar-refractivity contribution in [2.45, 2.75) is 45.8 Å². The molecule has 2 aromatic rings. The van der Waals surface area contributed by atoms with E-state index >= 15 is 0 Å². The van der Waals surface area contributed by atoms with Gasteiger partial charge in [-0.1, -0.05) is 0 Å². The number of ether oxygens (including phenoxy) is 1. The van der Waals surface area contributed by atoms with Crippen molar-refractivity contribution < 1.29 is 9.53 Å². The fourth-order valence-electron chi connectivity index (χ4n) is 2.37. The van der Waals surface area contributed by atoms with E-state index in [1.807, 2.05) is 39.1 Å². The number of amides is 1. The van der Waals surface area contributed by atoms with Crippen molar-refractivity contribution in [1.29, 1.82) is 0 Å². The minimum Gasteiger partial charge on any atom is -0.444 e. The van der Waals surface area contributed by atoms with Crippen LogP contribution in [0.15, 0.2) is 24.5 Å². The van der Waals surface area contributed by atoms with E-state index < -0.39 is 5.60 Å². The second-order valence-corrected chi connectivity index (χ2v) is 7.36. The lowest BCUT2D eigenvalue weighted by atomic mass is 10.2. The first kappa shape index (κ1) is 20.0. The van der Waals surface area contributed by atoms with Gasteiger partial charge in [-0.25, -0.2) is 9.78 Å². The highest BCUT2D eigenvalue weighted by molar-refractivity contribution is 7.80. The van der Waals surface area contributed by atoms with Crippen molar-refractivity contribution >= 4 is 34.5 Å². The van der Waals surface area contributed by atoms with E-state index in [4.69, 9.17) is 17.0 Å². The number of unbranched alkanes of at least 4 members (excludes halogenated alkanes) is 1. The van der Waals surface area contributed by atoms with Crippen molar-refractivity contribution in [2.75, 3.05) is 13.1 Å². The molecule has 0 bridgehead atoms. The topological polar surface area (TPSA) is 91.1 Å². The largest absolute Gasteiger partial charge is 0.444 e. The summed E-state index contributed by atoms with van der Waals surface area (Å²) in [5.74, 6) is 0. The lowest BCUT2D eigenvalue weighted by Gasteiger charge is -2.19. The lowest BCUT2D eigenvalue weighted by Crippen LogP contribution is -2.36. The molecule has 0 aliphatic carbocycles. The number of nitrogens with zero attached hydrogens (tertiary/aromatic N) is 1. The third kappa shape index (κ3) is 6.87. The molecule has 2 aromatic heterocycles. The summed E-state index contributed by atoms with van der Waals surface area (Å²) in [4.78, 5) is 18.9. The Morgan fingerprint density at radius 3 is 2.65 bits per heavy atom. The summed E-state index contributed by atoms with van der Waals surface area (Å²) in [5.41, 5.74) is 1.55. The predicted octanol–water partition coefficient (Wildman–Crippen LogP) is 2.83. The summed E-state index contributed by atoms with van der Waals surface area (Å²) in [5, 5.41) is 10.8. The van der Waals surface area contributed by atoms with Crippen molar-refractivity contribution in [2.24, 2.45) is 0 Å². The molecule has 0 radical (unpaired) electrons. The molecule has 4 N–H and O–H groups in total. The number of H-pyrrole nitrogens is 1. The van der Waals surface area contributed by atoms with Gasteiger partial charge < -0.3 is 25.7 Å². The van der Waals surface area contributed by atoms with Crippen LogP contribution in [0, 0.1) is 0 Å². The number of fused-ring (bicyclic) bond motifs is 1. The van der Waals surface area contributed by atoms with E-state index in [9.17, 15) is 4.79 Å². The fourth-order valence-corrected chi connectivity index (χ4v) is 2.54. The van der Waals surface area contributed by atoms with E-state index in [-0.39, 0.29) is 6.09 Å². The first-order valence-corrected chi connectivity index (χ1v) is 9.15. The number of aromatic amines is 1. The Morgan fingerprint density at radius 2 is 1.92 bits per heavy atom. The minimum atomic E-state index is -0.468. The molecule has 0 spiro atoms. The van der Waals surface area contributed by atoms with E-state index in [0.29, 0.717) is 18.2 Å². The van der Waals surface area contributed by atoms with E-state index in [2.05, 4.69) is 25.9 Å². The number of alkyl carbamates (subject to hydrolysis) is 1. The van der Waals surface area contributed by atoms with Crippen LogP contribution in [0.2, 0.25) is 0 Å². The second kappa shape index (κ2) is 9.38. The van der Waals surface area contributed by atoms with Crippen LogP contribution < -0.4 is 16.0 Å². The maximum Gasteiger partial charge on any atom is 0.407 e. The van der Waals surface area contributed by atoms with Crippen LogP contribution >= 0.6 is 12.2 Å². The summed E-state index contributed by atoms with van der Waals surface area (Å²) in [7, 11) is 0. The van der Waals surface area contributed by atoms with Crippen molar-refractivity contribution in [3.63, 3.8) is 0 Å². The molecule has 0 aliphatic heterocycles. The number of hydrogen-bond donors (Lipinski definition) is 4. The van der Waals surface area contributed by atoms with Crippen LogP contribution in [0.1, 0.15) is 39.2 Å². The van der Waals surface area contributed by atoms with Gasteiger partial charge in [0.25, 0.3) is 0 Å². The molecule has 142 valence electrons. The predicted molar refractivity (Wildman–Crippen MR) is 107 cm³/mol. The Bertz CT molecular complexity index is 739. The molecule has 0 atom stereocenters. The summed E-state index contributed by atoms with van der Waals surface area (Å²) < 4.78 is 5.18. The maximum atomic E-state index is 11.5. The Kier molecular flexibility index (Phi) is 7.20. The van der Waals surface area contributed by atoms with Gasteiger partial charge in [0.2, 0.25) is 0 Å². The normalized spacial score (nSPS) is 11.2. The average Bonchev–Trinajstić information content (AvgIpc) is 3.03. The number of aromatic nitrogens is 2. The van der Waals surface area contributed by atoms with Crippen molar-refractivity contribution in [1.82, 2.24) is 25.9 Å². The van der Waals surface area contributed by atoms with Crippen molar-refractivity contribution in [3.05, 3.63) is 30.1 Å². The Labute approximate surface area is 159 Å². The number of carbonyl (C=O) groups is 1. The van der Waals surface area contributed by atoms with Crippen LogP contribution in [0.4, 0.5) is 4.79 Å². The lowest BCUT2D eigenvalue weighted by molar-refractivity contribution is 0.0527. The van der Waals surface area contributed by atoms with Crippen molar-refractivity contribution in [3.8, 4) is 0 Å². The minimum absolute atomic E-state index is 0.379. The maximum absolute atomic E-state index is 11.5. The molecular weight excluding hydrogens is 350 g/mol. The molecule has 7 nitrogen and oxygen atoms in total. The fraction of sp³-hybridized carbons (Fsp3) is 0.500. The zero-order valence-electron chi connectivity index (χ0n) is 15.5. The van der Waals surface area contributed by atoms with Crippen LogP contribution in [-0.4, -0.2) is 39.9 Å². The highest BCUT2D eigenvalue weighted by atomic mass is 32.1. The highest BCUT2D eigenvalue weighted by Crippen LogP contribution is 2.14. The van der Waals surface area contributed by atoms with Gasteiger partial charge in [0.1, 0.15) is 11.2 Å². The van der Waals surface area contributed by atoms with E-state index in [0.717, 1.165) is 36.0 Å². The quantitative estimate of drug-likeness (QED) is 0.438. The molecular formula is C18H27N5O2S. The first-order chi connectivity index (χ1) is 12.3. The van der Waals surface area contributed by atoms with Gasteiger partial charge in [-0.15, -0.1) is 0 Å². The van der Waals surface area contributed by atoms with Gasteiger partial charge in [-0.05, 0) is 63.5 Å². The number of thiocarbonyl (C=S) groups is 1. The van der Waals surface area contributed by atoms with Gasteiger partial charge in [0, 0.05) is 37.4 Å². The molecule has 1 amide bonds. The summed E-state index contributed by atoms with van der Waals surface area (Å²) in [6.45, 7) is 7.51. The van der Waals surface area contributed by atoms with Gasteiger partial charge >= 0.3 is 6.09 Å². The zero-order chi connectivity index (χ0) is 19.0. The monoisotopic (exact) mass is 377 g/mol. The number of pyridine rings is 1. The Hall–Kier alpha value is -2.35. The summed E-state index contributed by atoms with van der Waals surface area (Å²) in [6, 6.07) is 3.99. The smallest absolute Gasteiger partial charge is 0.407 e. The third-order valence-electron chi connectivity index (χ3n) is 3.55. The molecule has 0 unspecified atom stereocenters. The van der Waals surface area contributed by atoms with Gasteiger partial charge in [-0.3, -0.25) is 0 Å². The third-order valence-corrected chi connectivity index (χ3v) is 3.84. The SMILES string of the molecule is CC(C)(C)OC(=O)NCCCCNC(=S)NCc1ccnc2[nH]ccc12. The Balaban J connectivity index is 1.57. The summed E-state index contributed by atoms with van der Waals surface area (Å²) in [6.07, 6.45) is 5.03. The molecule has 0 fully saturated rings. The van der Waals surface area contributed by atoms with Gasteiger partial charge in [-0.2, -0.15) is 0 Å². The van der Waals surface area contributed by atoms with Crippen LogP contribution in [0.25, 0.3) is 11.0 Å². The van der Waals surface area contributed by atoms with Crippen LogP contribution in [0.3, 0.4) is 0 Å². The standard InChI is InChI=1S/C18H27N5O2S/c1-18(2,3)25-17(24)22-9-5-4-8-21-16(26)23-12-13-6-10-19-15-14(13)7-11-20-15/h6-7,10-11H,4-5,8-9,12H2,1-3H3,(H,19,20)(H,22,24)(H2,21,23,26). The summed E-state index contributed by atoms with van der Waals surface area (Å²) >= 11 is 5.30. The number of hydrogen-bond acceptors (Lipinski definition) is 4. The number of nitrogens with one attached hydrogen (secondary N) is 4. The second-order valence-electron chi connectivity index (χ2n) is 6.96. The molecule has 0 saturated heterocycles. The molecule has 2 heterocycles. The van der Waals surface area contributed by atoms with E-state index in [1.54, 1.807) is 6.20 Å². The molecule has 0 aromatic carbocycles. The average molecular weight is 378 g/mol. The van der Waals surface area contributed by atoms with Crippen LogP contribution in [0.5, 0.6) is 0 Å².